The van der Waals surface area contributed by atoms with E-state index in [-0.39, 0.29) is 37.5 Å². The predicted molar refractivity (Wildman–Crippen MR) is 293 cm³/mol. The summed E-state index contributed by atoms with van der Waals surface area (Å²) in [4.78, 5) is 38.1. The van der Waals surface area contributed by atoms with Gasteiger partial charge < -0.3 is 14.2 Å². The van der Waals surface area contributed by atoms with Crippen molar-refractivity contribution in [1.29, 1.82) is 0 Å². The van der Waals surface area contributed by atoms with Gasteiger partial charge in [-0.2, -0.15) is 0 Å². The molecule has 1 atom stereocenters. The quantitative estimate of drug-likeness (QED) is 0.0262. The van der Waals surface area contributed by atoms with Crippen LogP contribution in [0.15, 0.2) is 60.8 Å². The van der Waals surface area contributed by atoms with Crippen molar-refractivity contribution in [2.45, 2.75) is 303 Å². The van der Waals surface area contributed by atoms with Gasteiger partial charge in [0.2, 0.25) is 0 Å². The number of allylic oxidation sites excluding steroid dienone is 10. The van der Waals surface area contributed by atoms with Crippen LogP contribution in [0.2, 0.25) is 0 Å². The fourth-order valence-electron chi connectivity index (χ4n) is 8.37. The van der Waals surface area contributed by atoms with Gasteiger partial charge in [-0.1, -0.05) is 281 Å². The molecule has 0 aliphatic heterocycles. The lowest BCUT2D eigenvalue weighted by atomic mass is 10.0. The Morgan fingerprint density at radius 2 is 0.559 bits per heavy atom. The molecule has 0 saturated heterocycles. The minimum absolute atomic E-state index is 0.0930. The van der Waals surface area contributed by atoms with Gasteiger partial charge in [-0.05, 0) is 57.8 Å². The Morgan fingerprint density at radius 3 is 0.912 bits per heavy atom. The molecule has 0 N–H and O–H groups in total. The summed E-state index contributed by atoms with van der Waals surface area (Å²) in [6.45, 7) is 6.58. The second kappa shape index (κ2) is 56.7. The van der Waals surface area contributed by atoms with Gasteiger partial charge in [-0.15, -0.1) is 0 Å². The van der Waals surface area contributed by atoms with Crippen LogP contribution in [0.4, 0.5) is 0 Å². The van der Waals surface area contributed by atoms with E-state index in [9.17, 15) is 14.4 Å². The third-order valence-corrected chi connectivity index (χ3v) is 12.8. The van der Waals surface area contributed by atoms with Crippen molar-refractivity contribution in [3.05, 3.63) is 60.8 Å². The first-order chi connectivity index (χ1) is 33.5. The van der Waals surface area contributed by atoms with Gasteiger partial charge in [-0.25, -0.2) is 0 Å². The van der Waals surface area contributed by atoms with Crippen LogP contribution in [-0.4, -0.2) is 37.2 Å². The minimum atomic E-state index is -0.800. The van der Waals surface area contributed by atoms with Crippen LogP contribution in [0, 0.1) is 0 Å². The van der Waals surface area contributed by atoms with E-state index in [0.29, 0.717) is 19.3 Å². The van der Waals surface area contributed by atoms with E-state index in [0.717, 1.165) is 64.2 Å². The summed E-state index contributed by atoms with van der Waals surface area (Å²) in [5.41, 5.74) is 0. The number of rotatable bonds is 53. The summed E-state index contributed by atoms with van der Waals surface area (Å²) in [5, 5.41) is 0. The van der Waals surface area contributed by atoms with E-state index in [1.54, 1.807) is 0 Å². The highest BCUT2D eigenvalue weighted by atomic mass is 16.6. The minimum Gasteiger partial charge on any atom is -0.462 e. The average Bonchev–Trinajstić information content (AvgIpc) is 3.34. The van der Waals surface area contributed by atoms with E-state index < -0.39 is 6.10 Å². The highest BCUT2D eigenvalue weighted by Crippen LogP contribution is 2.17. The standard InChI is InChI=1S/C62H110O6/c1-4-7-10-13-16-19-22-25-27-29-31-33-35-37-40-43-46-49-52-55-61(64)67-58-59(57-66-60(63)54-51-48-45-42-39-24-21-18-15-12-9-6-3)68-62(65)56-53-50-47-44-41-38-36-34-32-30-28-26-23-20-17-14-11-8-5-2/h16,19,25,27,31,33,37,40,46,49,59H,4-15,17-18,20-24,26,28-30,32,34-36,38-39,41-45,47-48,50-58H2,1-3H3/b19-16-,27-25-,33-31-,40-37-,49-46-/t59-/m0/s1. The molecule has 0 spiro atoms. The van der Waals surface area contributed by atoms with Crippen molar-refractivity contribution < 1.29 is 28.6 Å². The summed E-state index contributed by atoms with van der Waals surface area (Å²) < 4.78 is 16.8. The number of ether oxygens (including phenoxy) is 3. The van der Waals surface area contributed by atoms with Crippen LogP contribution in [0.5, 0.6) is 0 Å². The Balaban J connectivity index is 4.42. The molecule has 0 heterocycles. The molecule has 0 fully saturated rings. The molecule has 0 rings (SSSR count). The zero-order chi connectivity index (χ0) is 49.3. The molecule has 68 heavy (non-hydrogen) atoms. The van der Waals surface area contributed by atoms with Crippen LogP contribution in [0.3, 0.4) is 0 Å². The Hall–Kier alpha value is -2.89. The molecule has 0 amide bonds. The molecule has 0 saturated carbocycles. The number of carbonyl (C=O) groups is 3. The molecule has 0 aromatic heterocycles. The Labute approximate surface area is 421 Å². The third kappa shape index (κ3) is 54.1. The zero-order valence-electron chi connectivity index (χ0n) is 45.1. The molecule has 0 bridgehead atoms. The molecular weight excluding hydrogens is 841 g/mol. The topological polar surface area (TPSA) is 78.9 Å². The van der Waals surface area contributed by atoms with Gasteiger partial charge >= 0.3 is 17.9 Å². The van der Waals surface area contributed by atoms with E-state index in [1.165, 1.54) is 186 Å². The second-order valence-corrected chi connectivity index (χ2v) is 19.6. The van der Waals surface area contributed by atoms with Crippen molar-refractivity contribution in [2.75, 3.05) is 13.2 Å². The van der Waals surface area contributed by atoms with Crippen LogP contribution >= 0.6 is 0 Å². The maximum Gasteiger partial charge on any atom is 0.306 e. The molecule has 6 nitrogen and oxygen atoms in total. The fourth-order valence-corrected chi connectivity index (χ4v) is 8.37. The molecule has 394 valence electrons. The van der Waals surface area contributed by atoms with Gasteiger partial charge in [0.15, 0.2) is 6.10 Å². The van der Waals surface area contributed by atoms with E-state index >= 15 is 0 Å². The molecule has 0 unspecified atom stereocenters. The first-order valence-electron chi connectivity index (χ1n) is 29.3. The van der Waals surface area contributed by atoms with E-state index in [1.807, 2.05) is 6.08 Å². The molecular formula is C62H110O6. The van der Waals surface area contributed by atoms with Crippen molar-refractivity contribution in [3.63, 3.8) is 0 Å². The SMILES string of the molecule is CCCCC/C=C\C/C=C\C/C=C\C/C=C\C/C=C\CCC(=O)OC[C@H](COC(=O)CCCCCCCCCCCCCC)OC(=O)CCCCCCCCCCCCCCCCCCCCC. The number of hydrogen-bond donors (Lipinski definition) is 0. The van der Waals surface area contributed by atoms with Gasteiger partial charge in [0.1, 0.15) is 13.2 Å². The summed E-state index contributed by atoms with van der Waals surface area (Å²) in [6, 6.07) is 0. The Kier molecular flexibility index (Phi) is 54.3. The first kappa shape index (κ1) is 65.1. The first-order valence-corrected chi connectivity index (χ1v) is 29.3. The lowest BCUT2D eigenvalue weighted by Crippen LogP contribution is -2.30. The lowest BCUT2D eigenvalue weighted by molar-refractivity contribution is -0.166. The molecule has 0 aromatic carbocycles. The maximum atomic E-state index is 12.9. The van der Waals surface area contributed by atoms with Crippen LogP contribution < -0.4 is 0 Å². The smallest absolute Gasteiger partial charge is 0.306 e. The van der Waals surface area contributed by atoms with Gasteiger partial charge in [0, 0.05) is 19.3 Å². The van der Waals surface area contributed by atoms with Crippen molar-refractivity contribution >= 4 is 17.9 Å². The van der Waals surface area contributed by atoms with Crippen LogP contribution in [-0.2, 0) is 28.6 Å². The number of hydrogen-bond acceptors (Lipinski definition) is 6. The summed E-state index contributed by atoms with van der Waals surface area (Å²) in [5.74, 6) is -0.965. The molecule has 0 aliphatic rings. The largest absolute Gasteiger partial charge is 0.462 e. The zero-order valence-corrected chi connectivity index (χ0v) is 45.1. The van der Waals surface area contributed by atoms with Crippen molar-refractivity contribution in [1.82, 2.24) is 0 Å². The monoisotopic (exact) mass is 951 g/mol. The number of carbonyl (C=O) groups excluding carboxylic acids is 3. The summed E-state index contributed by atoms with van der Waals surface area (Å²) in [7, 11) is 0. The highest BCUT2D eigenvalue weighted by Gasteiger charge is 2.19. The summed E-state index contributed by atoms with van der Waals surface area (Å²) >= 11 is 0. The second-order valence-electron chi connectivity index (χ2n) is 19.6. The van der Waals surface area contributed by atoms with Crippen LogP contribution in [0.1, 0.15) is 297 Å². The van der Waals surface area contributed by atoms with E-state index in [2.05, 4.69) is 75.5 Å². The van der Waals surface area contributed by atoms with Gasteiger partial charge in [0.25, 0.3) is 0 Å². The van der Waals surface area contributed by atoms with Gasteiger partial charge in [0.05, 0.1) is 0 Å². The molecule has 6 heteroatoms. The number of esters is 3. The lowest BCUT2D eigenvalue weighted by Gasteiger charge is -2.18. The molecule has 0 radical (unpaired) electrons. The Morgan fingerprint density at radius 1 is 0.294 bits per heavy atom. The molecule has 0 aliphatic carbocycles. The van der Waals surface area contributed by atoms with Crippen molar-refractivity contribution in [3.8, 4) is 0 Å². The molecule has 0 aromatic rings. The van der Waals surface area contributed by atoms with Gasteiger partial charge in [-0.3, -0.25) is 14.4 Å². The van der Waals surface area contributed by atoms with Crippen LogP contribution in [0.25, 0.3) is 0 Å². The normalized spacial score (nSPS) is 12.5. The average molecular weight is 952 g/mol. The third-order valence-electron chi connectivity index (χ3n) is 12.8. The van der Waals surface area contributed by atoms with Crippen molar-refractivity contribution in [2.24, 2.45) is 0 Å². The predicted octanol–water partition coefficient (Wildman–Crippen LogP) is 19.6. The summed E-state index contributed by atoms with van der Waals surface area (Å²) in [6.07, 6.45) is 70.8. The highest BCUT2D eigenvalue weighted by molar-refractivity contribution is 5.71. The van der Waals surface area contributed by atoms with E-state index in [4.69, 9.17) is 14.2 Å². The Bertz CT molecular complexity index is 1230. The fraction of sp³-hybridized carbons (Fsp3) is 0.790. The maximum absolute atomic E-state index is 12.9. The number of unbranched alkanes of at least 4 members (excludes halogenated alkanes) is 32.